The quantitative estimate of drug-likeness (QED) is 0.445. The largest absolute Gasteiger partial charge is 0.294 e. The minimum Gasteiger partial charge on any atom is -0.294 e. The smallest absolute Gasteiger partial charge is 0.164 e. The number of benzene rings is 1. The molecule has 1 nitrogen and oxygen atoms in total. The van der Waals surface area contributed by atoms with Gasteiger partial charge in [-0.3, -0.25) is 4.79 Å². The first-order valence-electron chi connectivity index (χ1n) is 6.94. The van der Waals surface area contributed by atoms with Crippen LogP contribution in [-0.2, 0) is 0 Å². The maximum atomic E-state index is 12.1. The van der Waals surface area contributed by atoms with Crippen molar-refractivity contribution in [1.29, 1.82) is 0 Å². The second-order valence-electron chi connectivity index (χ2n) is 4.92. The van der Waals surface area contributed by atoms with Crippen LogP contribution in [0.1, 0.15) is 67.8 Å². The molecule has 1 rings (SSSR count). The van der Waals surface area contributed by atoms with Crippen molar-refractivity contribution in [2.75, 3.05) is 0 Å². The Morgan fingerprint density at radius 3 is 2.50 bits per heavy atom. The number of aryl methyl sites for hydroxylation is 1. The summed E-state index contributed by atoms with van der Waals surface area (Å²) in [6.07, 6.45) is 8.02. The zero-order valence-electron chi connectivity index (χ0n) is 11.5. The Bertz CT molecular complexity index is 385. The third-order valence-corrected chi connectivity index (χ3v) is 3.87. The van der Waals surface area contributed by atoms with E-state index in [-0.39, 0.29) is 5.78 Å². The fourth-order valence-electron chi connectivity index (χ4n) is 2.05. The zero-order chi connectivity index (χ0) is 13.4. The van der Waals surface area contributed by atoms with Crippen LogP contribution in [-0.4, -0.2) is 5.78 Å². The number of Topliss-reactive ketones (excluding diaryl/α,β-unsaturated/α-hetero) is 1. The van der Waals surface area contributed by atoms with Gasteiger partial charge in [0.15, 0.2) is 5.78 Å². The molecule has 1 aromatic rings. The summed E-state index contributed by atoms with van der Waals surface area (Å²) < 4.78 is 0.920. The van der Waals surface area contributed by atoms with Crippen LogP contribution in [0.15, 0.2) is 22.7 Å². The molecule has 0 aliphatic heterocycles. The molecule has 0 fully saturated rings. The molecule has 0 saturated carbocycles. The molecule has 100 valence electrons. The average molecular weight is 311 g/mol. The van der Waals surface area contributed by atoms with Crippen molar-refractivity contribution < 1.29 is 4.79 Å². The fourth-order valence-corrected chi connectivity index (χ4v) is 2.52. The molecule has 0 bridgehead atoms. The molecule has 18 heavy (non-hydrogen) atoms. The van der Waals surface area contributed by atoms with Crippen LogP contribution in [0.3, 0.4) is 0 Å². The second-order valence-corrected chi connectivity index (χ2v) is 5.78. The number of carbonyl (C=O) groups excluding carboxylic acids is 1. The van der Waals surface area contributed by atoms with Gasteiger partial charge in [0, 0.05) is 16.5 Å². The van der Waals surface area contributed by atoms with E-state index in [9.17, 15) is 4.79 Å². The lowest BCUT2D eigenvalue weighted by Gasteiger charge is -2.05. The molecule has 0 heterocycles. The lowest BCUT2D eigenvalue weighted by atomic mass is 10.0. The molecule has 0 N–H and O–H groups in total. The summed E-state index contributed by atoms with van der Waals surface area (Å²) in [7, 11) is 0. The predicted octanol–water partition coefficient (Wildman–Crippen LogP) is 5.69. The first-order chi connectivity index (χ1) is 8.65. The van der Waals surface area contributed by atoms with Crippen molar-refractivity contribution in [3.63, 3.8) is 0 Å². The highest BCUT2D eigenvalue weighted by Gasteiger charge is 2.09. The molecular formula is C16H23BrO. The first kappa shape index (κ1) is 15.4. The van der Waals surface area contributed by atoms with Crippen molar-refractivity contribution in [3.05, 3.63) is 33.8 Å². The van der Waals surface area contributed by atoms with Gasteiger partial charge in [0.2, 0.25) is 0 Å². The SMILES string of the molecule is CCCCCCCCC(=O)c1cc(C)ccc1Br. The van der Waals surface area contributed by atoms with E-state index in [0.29, 0.717) is 6.42 Å². The van der Waals surface area contributed by atoms with Crippen molar-refractivity contribution in [3.8, 4) is 0 Å². The number of ketones is 1. The molecule has 0 saturated heterocycles. The Balaban J connectivity index is 2.34. The summed E-state index contributed by atoms with van der Waals surface area (Å²) in [4.78, 5) is 12.1. The molecule has 0 spiro atoms. The van der Waals surface area contributed by atoms with Crippen LogP contribution < -0.4 is 0 Å². The monoisotopic (exact) mass is 310 g/mol. The number of hydrogen-bond donors (Lipinski definition) is 0. The normalized spacial score (nSPS) is 10.6. The lowest BCUT2D eigenvalue weighted by Crippen LogP contribution is -2.00. The number of hydrogen-bond acceptors (Lipinski definition) is 1. The highest BCUT2D eigenvalue weighted by molar-refractivity contribution is 9.10. The Morgan fingerprint density at radius 1 is 1.11 bits per heavy atom. The number of carbonyl (C=O) groups is 1. The van der Waals surface area contributed by atoms with E-state index in [0.717, 1.165) is 22.0 Å². The van der Waals surface area contributed by atoms with Crippen LogP contribution in [0.2, 0.25) is 0 Å². The standard InChI is InChI=1S/C16H23BrO/c1-3-4-5-6-7-8-9-16(18)14-12-13(2)10-11-15(14)17/h10-12H,3-9H2,1-2H3. The number of rotatable bonds is 8. The Morgan fingerprint density at radius 2 is 1.78 bits per heavy atom. The van der Waals surface area contributed by atoms with Crippen molar-refractivity contribution in [2.24, 2.45) is 0 Å². The first-order valence-corrected chi connectivity index (χ1v) is 7.73. The minimum absolute atomic E-state index is 0.265. The van der Waals surface area contributed by atoms with Crippen LogP contribution in [0.5, 0.6) is 0 Å². The lowest BCUT2D eigenvalue weighted by molar-refractivity contribution is 0.0978. The van der Waals surface area contributed by atoms with Gasteiger partial charge in [-0.15, -0.1) is 0 Å². The maximum Gasteiger partial charge on any atom is 0.164 e. The van der Waals surface area contributed by atoms with Crippen LogP contribution in [0.25, 0.3) is 0 Å². The van der Waals surface area contributed by atoms with Gasteiger partial charge in [0.05, 0.1) is 0 Å². The Labute approximate surface area is 119 Å². The Hall–Kier alpha value is -0.630. The molecular weight excluding hydrogens is 288 g/mol. The zero-order valence-corrected chi connectivity index (χ0v) is 13.1. The molecule has 0 atom stereocenters. The van der Waals surface area contributed by atoms with Gasteiger partial charge in [-0.25, -0.2) is 0 Å². The summed E-state index contributed by atoms with van der Waals surface area (Å²) in [5.74, 6) is 0.265. The van der Waals surface area contributed by atoms with Gasteiger partial charge in [-0.2, -0.15) is 0 Å². The topological polar surface area (TPSA) is 17.1 Å². The van der Waals surface area contributed by atoms with Crippen LogP contribution in [0, 0.1) is 6.92 Å². The molecule has 0 amide bonds. The summed E-state index contributed by atoms with van der Waals surface area (Å²) in [6.45, 7) is 4.24. The van der Waals surface area contributed by atoms with E-state index in [1.807, 2.05) is 25.1 Å². The van der Waals surface area contributed by atoms with Gasteiger partial charge in [-0.1, -0.05) is 66.6 Å². The summed E-state index contributed by atoms with van der Waals surface area (Å²) in [6, 6.07) is 5.96. The molecule has 0 aliphatic rings. The van der Waals surface area contributed by atoms with Crippen molar-refractivity contribution >= 4 is 21.7 Å². The third-order valence-electron chi connectivity index (χ3n) is 3.18. The predicted molar refractivity (Wildman–Crippen MR) is 81.2 cm³/mol. The molecule has 0 radical (unpaired) electrons. The summed E-state index contributed by atoms with van der Waals surface area (Å²) in [5.41, 5.74) is 1.98. The third kappa shape index (κ3) is 5.34. The molecule has 0 aliphatic carbocycles. The molecule has 0 unspecified atom stereocenters. The van der Waals surface area contributed by atoms with Gasteiger partial charge in [0.25, 0.3) is 0 Å². The van der Waals surface area contributed by atoms with E-state index >= 15 is 0 Å². The summed E-state index contributed by atoms with van der Waals surface area (Å²) >= 11 is 3.45. The second kappa shape index (κ2) is 8.47. The van der Waals surface area contributed by atoms with E-state index in [1.54, 1.807) is 0 Å². The van der Waals surface area contributed by atoms with Crippen molar-refractivity contribution in [2.45, 2.75) is 58.8 Å². The van der Waals surface area contributed by atoms with Gasteiger partial charge >= 0.3 is 0 Å². The molecule has 2 heteroatoms. The van der Waals surface area contributed by atoms with Crippen molar-refractivity contribution in [1.82, 2.24) is 0 Å². The Kier molecular flexibility index (Phi) is 7.26. The van der Waals surface area contributed by atoms with E-state index in [4.69, 9.17) is 0 Å². The van der Waals surface area contributed by atoms with Crippen LogP contribution >= 0.6 is 15.9 Å². The number of halogens is 1. The average Bonchev–Trinajstić information content (AvgIpc) is 2.36. The fraction of sp³-hybridized carbons (Fsp3) is 0.562. The molecule has 0 aromatic heterocycles. The molecule has 1 aromatic carbocycles. The summed E-state index contributed by atoms with van der Waals surface area (Å²) in [5, 5.41) is 0. The van der Waals surface area contributed by atoms with Gasteiger partial charge in [0.1, 0.15) is 0 Å². The minimum atomic E-state index is 0.265. The highest BCUT2D eigenvalue weighted by atomic mass is 79.9. The maximum absolute atomic E-state index is 12.1. The van der Waals surface area contributed by atoms with Gasteiger partial charge in [-0.05, 0) is 25.5 Å². The van der Waals surface area contributed by atoms with E-state index < -0.39 is 0 Å². The number of unbranched alkanes of at least 4 members (excludes halogenated alkanes) is 5. The van der Waals surface area contributed by atoms with E-state index in [2.05, 4.69) is 22.9 Å². The van der Waals surface area contributed by atoms with Gasteiger partial charge < -0.3 is 0 Å². The van der Waals surface area contributed by atoms with Crippen LogP contribution in [0.4, 0.5) is 0 Å². The van der Waals surface area contributed by atoms with E-state index in [1.165, 1.54) is 32.1 Å². The highest BCUT2D eigenvalue weighted by Crippen LogP contribution is 2.20.